The van der Waals surface area contributed by atoms with Gasteiger partial charge in [-0.05, 0) is 48.0 Å². The summed E-state index contributed by atoms with van der Waals surface area (Å²) in [5, 5.41) is 19.8. The maximum absolute atomic E-state index is 12.7. The molecule has 0 aliphatic rings. The predicted octanol–water partition coefficient (Wildman–Crippen LogP) is 2.47. The van der Waals surface area contributed by atoms with Crippen LogP contribution in [0.2, 0.25) is 0 Å². The third-order valence-corrected chi connectivity index (χ3v) is 4.26. The Morgan fingerprint density at radius 3 is 2.31 bits per heavy atom. The summed E-state index contributed by atoms with van der Waals surface area (Å²) in [6, 6.07) is 11.8. The highest BCUT2D eigenvalue weighted by molar-refractivity contribution is 6.09. The van der Waals surface area contributed by atoms with E-state index in [0.717, 1.165) is 0 Å². The van der Waals surface area contributed by atoms with E-state index in [1.165, 1.54) is 7.11 Å². The molecule has 3 aromatic rings. The molecule has 0 spiro atoms. The number of ketones is 1. The van der Waals surface area contributed by atoms with Crippen molar-refractivity contribution in [1.29, 1.82) is 0 Å². The number of rotatable bonds is 6. The Balaban J connectivity index is 2.09. The highest BCUT2D eigenvalue weighted by atomic mass is 16.5. The largest absolute Gasteiger partial charge is 0.497 e. The van der Waals surface area contributed by atoms with Gasteiger partial charge in [0.1, 0.15) is 17.2 Å². The molecule has 0 fully saturated rings. The number of hydrogen-bond donors (Lipinski definition) is 2. The molecule has 6 heteroatoms. The monoisotopic (exact) mass is 353 g/mol. The minimum atomic E-state index is -0.263. The summed E-state index contributed by atoms with van der Waals surface area (Å²) in [5.41, 5.74) is 2.32. The van der Waals surface area contributed by atoms with Crippen LogP contribution < -0.4 is 9.47 Å². The van der Waals surface area contributed by atoms with E-state index >= 15 is 0 Å². The van der Waals surface area contributed by atoms with Crippen LogP contribution >= 0.6 is 0 Å². The van der Waals surface area contributed by atoms with Crippen LogP contribution in [0, 0.1) is 0 Å². The van der Waals surface area contributed by atoms with Gasteiger partial charge < -0.3 is 19.7 Å². The summed E-state index contributed by atoms with van der Waals surface area (Å²) in [6.07, 6.45) is 0. The van der Waals surface area contributed by atoms with Gasteiger partial charge in [0, 0.05) is 16.5 Å². The van der Waals surface area contributed by atoms with E-state index in [2.05, 4.69) is 4.98 Å². The van der Waals surface area contributed by atoms with Crippen LogP contribution in [-0.4, -0.2) is 35.2 Å². The number of ether oxygens (including phenoxy) is 2. The lowest BCUT2D eigenvalue weighted by molar-refractivity contribution is 0.103. The van der Waals surface area contributed by atoms with Crippen LogP contribution in [0.15, 0.2) is 42.5 Å². The molecule has 0 saturated carbocycles. The molecule has 0 bridgehead atoms. The molecule has 3 rings (SSSR count). The molecule has 0 amide bonds. The Morgan fingerprint density at radius 1 is 1.00 bits per heavy atom. The van der Waals surface area contributed by atoms with Gasteiger partial charge in [-0.25, -0.2) is 4.98 Å². The second kappa shape index (κ2) is 7.51. The minimum absolute atomic E-state index is 0.217. The van der Waals surface area contributed by atoms with E-state index in [1.807, 2.05) is 0 Å². The van der Waals surface area contributed by atoms with Gasteiger partial charge >= 0.3 is 0 Å². The molecule has 2 aromatic carbocycles. The smallest absolute Gasteiger partial charge is 0.211 e. The summed E-state index contributed by atoms with van der Waals surface area (Å²) in [4.78, 5) is 17.1. The van der Waals surface area contributed by atoms with Crippen LogP contribution in [0.5, 0.6) is 11.5 Å². The maximum Gasteiger partial charge on any atom is 0.211 e. The van der Waals surface area contributed by atoms with E-state index in [-0.39, 0.29) is 24.7 Å². The van der Waals surface area contributed by atoms with Crippen LogP contribution in [0.25, 0.3) is 10.9 Å². The highest BCUT2D eigenvalue weighted by Gasteiger charge is 2.17. The molecule has 0 radical (unpaired) electrons. The third kappa shape index (κ3) is 3.12. The van der Waals surface area contributed by atoms with Gasteiger partial charge in [0.05, 0.1) is 33.0 Å². The molecule has 2 N–H and O–H groups in total. The minimum Gasteiger partial charge on any atom is -0.497 e. The Bertz CT molecular complexity index is 951. The molecular weight excluding hydrogens is 334 g/mol. The van der Waals surface area contributed by atoms with Crippen molar-refractivity contribution in [2.45, 2.75) is 13.2 Å². The van der Waals surface area contributed by atoms with Gasteiger partial charge in [0.25, 0.3) is 0 Å². The zero-order chi connectivity index (χ0) is 18.7. The number of methoxy groups -OCH3 is 2. The van der Waals surface area contributed by atoms with Crippen LogP contribution in [0.4, 0.5) is 0 Å². The summed E-state index contributed by atoms with van der Waals surface area (Å²) < 4.78 is 10.5. The number of fused-ring (bicyclic) bond motifs is 1. The standard InChI is InChI=1S/C20H19NO5/c1-25-14-5-3-12(4-6-14)19(24)17-8-7-15-18(21-17)9-13(10-22)16(11-23)20(15)26-2/h3-9,22-23H,10-11H2,1-2H3. The van der Waals surface area contributed by atoms with Crippen molar-refractivity contribution in [3.8, 4) is 11.5 Å². The van der Waals surface area contributed by atoms with Crippen molar-refractivity contribution < 1.29 is 24.5 Å². The van der Waals surface area contributed by atoms with Crippen LogP contribution in [0.1, 0.15) is 27.2 Å². The summed E-state index contributed by atoms with van der Waals surface area (Å²) in [5.74, 6) is 0.900. The number of nitrogens with zero attached hydrogens (tertiary/aromatic N) is 1. The number of aliphatic hydroxyl groups is 2. The molecule has 26 heavy (non-hydrogen) atoms. The Labute approximate surface area is 150 Å². The summed E-state index contributed by atoms with van der Waals surface area (Å²) >= 11 is 0. The number of carbonyl (C=O) groups excluding carboxylic acids is 1. The van der Waals surface area contributed by atoms with Gasteiger partial charge in [-0.1, -0.05) is 0 Å². The van der Waals surface area contributed by atoms with Crippen LogP contribution in [0.3, 0.4) is 0 Å². The quantitative estimate of drug-likeness (QED) is 0.662. The third-order valence-electron chi connectivity index (χ3n) is 4.26. The molecule has 134 valence electrons. The van der Waals surface area contributed by atoms with Crippen molar-refractivity contribution in [3.05, 3.63) is 64.8 Å². The van der Waals surface area contributed by atoms with E-state index in [4.69, 9.17) is 9.47 Å². The van der Waals surface area contributed by atoms with E-state index in [0.29, 0.717) is 39.1 Å². The second-order valence-electron chi connectivity index (χ2n) is 5.68. The SMILES string of the molecule is COc1ccc(C(=O)c2ccc3c(OC)c(CO)c(CO)cc3n2)cc1. The first kappa shape index (κ1) is 17.8. The fraction of sp³-hybridized carbons (Fsp3) is 0.200. The van der Waals surface area contributed by atoms with Crippen molar-refractivity contribution in [3.63, 3.8) is 0 Å². The normalized spacial score (nSPS) is 10.8. The first-order valence-corrected chi connectivity index (χ1v) is 8.03. The van der Waals surface area contributed by atoms with Crippen molar-refractivity contribution in [1.82, 2.24) is 4.98 Å². The summed E-state index contributed by atoms with van der Waals surface area (Å²) in [6.45, 7) is -0.526. The molecular formula is C20H19NO5. The lowest BCUT2D eigenvalue weighted by Gasteiger charge is -2.14. The number of aliphatic hydroxyl groups excluding tert-OH is 2. The van der Waals surface area contributed by atoms with Gasteiger partial charge in [-0.15, -0.1) is 0 Å². The van der Waals surface area contributed by atoms with Crippen molar-refractivity contribution >= 4 is 16.7 Å². The van der Waals surface area contributed by atoms with Crippen molar-refractivity contribution in [2.24, 2.45) is 0 Å². The first-order chi connectivity index (χ1) is 12.6. The zero-order valence-corrected chi connectivity index (χ0v) is 14.5. The Hall–Kier alpha value is -2.96. The molecule has 0 atom stereocenters. The highest BCUT2D eigenvalue weighted by Crippen LogP contribution is 2.32. The number of carbonyl (C=O) groups is 1. The lowest BCUT2D eigenvalue weighted by atomic mass is 10.0. The van der Waals surface area contributed by atoms with Gasteiger partial charge in [-0.3, -0.25) is 4.79 Å². The fourth-order valence-corrected chi connectivity index (χ4v) is 2.90. The van der Waals surface area contributed by atoms with E-state index in [9.17, 15) is 15.0 Å². The number of aromatic nitrogens is 1. The van der Waals surface area contributed by atoms with E-state index in [1.54, 1.807) is 49.6 Å². The average molecular weight is 353 g/mol. The summed E-state index contributed by atoms with van der Waals surface area (Å²) in [7, 11) is 3.06. The van der Waals surface area contributed by atoms with Crippen molar-refractivity contribution in [2.75, 3.05) is 14.2 Å². The Morgan fingerprint density at radius 2 is 1.73 bits per heavy atom. The van der Waals surface area contributed by atoms with Crippen LogP contribution in [-0.2, 0) is 13.2 Å². The van der Waals surface area contributed by atoms with Gasteiger partial charge in [-0.2, -0.15) is 0 Å². The average Bonchev–Trinajstić information content (AvgIpc) is 2.71. The first-order valence-electron chi connectivity index (χ1n) is 8.03. The molecule has 0 saturated heterocycles. The number of benzene rings is 2. The molecule has 1 heterocycles. The van der Waals surface area contributed by atoms with E-state index < -0.39 is 0 Å². The molecule has 6 nitrogen and oxygen atoms in total. The molecule has 0 aliphatic heterocycles. The lowest BCUT2D eigenvalue weighted by Crippen LogP contribution is -2.06. The number of pyridine rings is 1. The van der Waals surface area contributed by atoms with Gasteiger partial charge in [0.2, 0.25) is 5.78 Å². The zero-order valence-electron chi connectivity index (χ0n) is 14.5. The Kier molecular flexibility index (Phi) is 5.16. The maximum atomic E-state index is 12.7. The second-order valence-corrected chi connectivity index (χ2v) is 5.68. The predicted molar refractivity (Wildman–Crippen MR) is 96.6 cm³/mol. The molecule has 0 aliphatic carbocycles. The number of hydrogen-bond acceptors (Lipinski definition) is 6. The van der Waals surface area contributed by atoms with Gasteiger partial charge in [0.15, 0.2) is 0 Å². The fourth-order valence-electron chi connectivity index (χ4n) is 2.90. The molecule has 1 aromatic heterocycles. The molecule has 0 unspecified atom stereocenters. The topological polar surface area (TPSA) is 88.9 Å².